The van der Waals surface area contributed by atoms with Crippen LogP contribution in [-0.2, 0) is 4.74 Å². The molecule has 0 aliphatic heterocycles. The second kappa shape index (κ2) is 12.7. The van der Waals surface area contributed by atoms with E-state index < -0.39 is 0 Å². The SMILES string of the molecule is CCCCCCCCCCCCOC(C)C(C)c1nc(N)nc2ccccc12. The van der Waals surface area contributed by atoms with Crippen molar-refractivity contribution < 1.29 is 4.74 Å². The number of anilines is 1. The maximum Gasteiger partial charge on any atom is 0.220 e. The van der Waals surface area contributed by atoms with Crippen molar-refractivity contribution in [1.29, 1.82) is 0 Å². The lowest BCUT2D eigenvalue weighted by Crippen LogP contribution is -2.19. The van der Waals surface area contributed by atoms with Crippen molar-refractivity contribution in [1.82, 2.24) is 9.97 Å². The number of nitrogens with two attached hydrogens (primary N) is 1. The Morgan fingerprint density at radius 1 is 0.857 bits per heavy atom. The van der Waals surface area contributed by atoms with Gasteiger partial charge in [0.1, 0.15) is 0 Å². The molecular formula is C24H39N3O. The molecule has 2 N–H and O–H groups in total. The predicted molar refractivity (Wildman–Crippen MR) is 120 cm³/mol. The lowest BCUT2D eigenvalue weighted by atomic mass is 9.98. The largest absolute Gasteiger partial charge is 0.378 e. The van der Waals surface area contributed by atoms with E-state index in [-0.39, 0.29) is 12.0 Å². The van der Waals surface area contributed by atoms with Crippen molar-refractivity contribution in [3.63, 3.8) is 0 Å². The smallest absolute Gasteiger partial charge is 0.220 e. The van der Waals surface area contributed by atoms with Crippen molar-refractivity contribution >= 4 is 16.9 Å². The van der Waals surface area contributed by atoms with Crippen LogP contribution < -0.4 is 5.73 Å². The van der Waals surface area contributed by atoms with Gasteiger partial charge in [-0.3, -0.25) is 0 Å². The molecular weight excluding hydrogens is 346 g/mol. The number of para-hydroxylation sites is 1. The molecule has 0 saturated heterocycles. The van der Waals surface area contributed by atoms with Crippen LogP contribution in [0.3, 0.4) is 0 Å². The van der Waals surface area contributed by atoms with E-state index in [2.05, 4.69) is 36.8 Å². The third-order valence-electron chi connectivity index (χ3n) is 5.66. The zero-order valence-corrected chi connectivity index (χ0v) is 18.1. The molecule has 2 rings (SSSR count). The first-order valence-electron chi connectivity index (χ1n) is 11.3. The summed E-state index contributed by atoms with van der Waals surface area (Å²) in [6.45, 7) is 7.39. The van der Waals surface area contributed by atoms with Gasteiger partial charge in [-0.15, -0.1) is 0 Å². The summed E-state index contributed by atoms with van der Waals surface area (Å²) in [6, 6.07) is 8.05. The molecule has 0 spiro atoms. The van der Waals surface area contributed by atoms with Crippen LogP contribution in [0.15, 0.2) is 24.3 Å². The van der Waals surface area contributed by atoms with Gasteiger partial charge in [-0.05, 0) is 19.4 Å². The first kappa shape index (κ1) is 22.6. The van der Waals surface area contributed by atoms with Gasteiger partial charge in [0.15, 0.2) is 0 Å². The fourth-order valence-corrected chi connectivity index (χ4v) is 3.69. The molecule has 0 saturated carbocycles. The molecule has 0 bridgehead atoms. The first-order chi connectivity index (χ1) is 13.6. The summed E-state index contributed by atoms with van der Waals surface area (Å²) in [5, 5.41) is 1.07. The predicted octanol–water partition coefficient (Wildman–Crippen LogP) is 6.64. The third kappa shape index (κ3) is 7.38. The van der Waals surface area contributed by atoms with Gasteiger partial charge in [0.2, 0.25) is 5.95 Å². The second-order valence-corrected chi connectivity index (χ2v) is 8.03. The summed E-state index contributed by atoms with van der Waals surface area (Å²) in [5.41, 5.74) is 7.80. The molecule has 0 radical (unpaired) electrons. The Morgan fingerprint density at radius 3 is 2.14 bits per heavy atom. The Balaban J connectivity index is 1.66. The maximum absolute atomic E-state index is 6.12. The molecule has 1 aromatic carbocycles. The molecule has 0 amide bonds. The fourth-order valence-electron chi connectivity index (χ4n) is 3.69. The Morgan fingerprint density at radius 2 is 1.46 bits per heavy atom. The number of nitrogen functional groups attached to an aromatic ring is 1. The number of hydrogen-bond donors (Lipinski definition) is 1. The van der Waals surface area contributed by atoms with Crippen molar-refractivity contribution in [3.05, 3.63) is 30.0 Å². The van der Waals surface area contributed by atoms with Gasteiger partial charge in [-0.1, -0.05) is 89.8 Å². The topological polar surface area (TPSA) is 61.0 Å². The molecule has 1 heterocycles. The van der Waals surface area contributed by atoms with Gasteiger partial charge in [-0.25, -0.2) is 9.97 Å². The van der Waals surface area contributed by atoms with E-state index in [9.17, 15) is 0 Å². The molecule has 2 atom stereocenters. The highest BCUT2D eigenvalue weighted by Crippen LogP contribution is 2.27. The van der Waals surface area contributed by atoms with Crippen molar-refractivity contribution in [2.45, 2.75) is 97.0 Å². The van der Waals surface area contributed by atoms with Gasteiger partial charge in [-0.2, -0.15) is 0 Å². The molecule has 0 fully saturated rings. The van der Waals surface area contributed by atoms with Crippen molar-refractivity contribution in [2.24, 2.45) is 0 Å². The van der Waals surface area contributed by atoms with Gasteiger partial charge < -0.3 is 10.5 Å². The Kier molecular flexibility index (Phi) is 10.3. The Bertz CT molecular complexity index is 689. The summed E-state index contributed by atoms with van der Waals surface area (Å²) in [6.07, 6.45) is 13.5. The highest BCUT2D eigenvalue weighted by molar-refractivity contribution is 5.82. The first-order valence-corrected chi connectivity index (χ1v) is 11.3. The normalized spacial score (nSPS) is 13.7. The molecule has 1 aromatic heterocycles. The number of hydrogen-bond acceptors (Lipinski definition) is 4. The van der Waals surface area contributed by atoms with E-state index >= 15 is 0 Å². The van der Waals surface area contributed by atoms with Gasteiger partial charge >= 0.3 is 0 Å². The summed E-state index contributed by atoms with van der Waals surface area (Å²) in [5.74, 6) is 0.515. The average molecular weight is 386 g/mol. The minimum absolute atomic E-state index is 0.108. The lowest BCUT2D eigenvalue weighted by molar-refractivity contribution is 0.0475. The van der Waals surface area contributed by atoms with Crippen LogP contribution in [-0.4, -0.2) is 22.7 Å². The number of unbranched alkanes of at least 4 members (excludes halogenated alkanes) is 9. The number of rotatable bonds is 14. The highest BCUT2D eigenvalue weighted by Gasteiger charge is 2.19. The number of aromatic nitrogens is 2. The highest BCUT2D eigenvalue weighted by atomic mass is 16.5. The maximum atomic E-state index is 6.12. The van der Waals surface area contributed by atoms with E-state index in [4.69, 9.17) is 10.5 Å². The monoisotopic (exact) mass is 385 g/mol. The molecule has 0 aliphatic carbocycles. The molecule has 0 aliphatic rings. The van der Waals surface area contributed by atoms with E-state index in [0.29, 0.717) is 5.95 Å². The van der Waals surface area contributed by atoms with Crippen LogP contribution in [0.1, 0.15) is 96.6 Å². The number of ether oxygens (including phenoxy) is 1. The number of benzene rings is 1. The lowest BCUT2D eigenvalue weighted by Gasteiger charge is -2.21. The van der Waals surface area contributed by atoms with Crippen molar-refractivity contribution in [3.8, 4) is 0 Å². The standard InChI is InChI=1S/C24H39N3O/c1-4-5-6-7-8-9-10-11-12-15-18-28-20(3)19(2)23-21-16-13-14-17-22(21)26-24(25)27-23/h13-14,16-17,19-20H,4-12,15,18H2,1-3H3,(H2,25,26,27). The van der Waals surface area contributed by atoms with Crippen LogP contribution >= 0.6 is 0 Å². The van der Waals surface area contributed by atoms with Crippen LogP contribution in [0.2, 0.25) is 0 Å². The van der Waals surface area contributed by atoms with E-state index in [1.807, 2.05) is 18.2 Å². The summed E-state index contributed by atoms with van der Waals surface area (Å²) >= 11 is 0. The van der Waals surface area contributed by atoms with E-state index in [1.165, 1.54) is 57.8 Å². The van der Waals surface area contributed by atoms with Gasteiger partial charge in [0, 0.05) is 17.9 Å². The molecule has 4 heteroatoms. The molecule has 156 valence electrons. The van der Waals surface area contributed by atoms with Gasteiger partial charge in [0.25, 0.3) is 0 Å². The third-order valence-corrected chi connectivity index (χ3v) is 5.66. The van der Waals surface area contributed by atoms with E-state index in [0.717, 1.165) is 29.6 Å². The quantitative estimate of drug-likeness (QED) is 0.370. The fraction of sp³-hybridized carbons (Fsp3) is 0.667. The van der Waals surface area contributed by atoms with Crippen LogP contribution in [0.4, 0.5) is 5.95 Å². The number of fused-ring (bicyclic) bond motifs is 1. The van der Waals surface area contributed by atoms with E-state index in [1.54, 1.807) is 0 Å². The second-order valence-electron chi connectivity index (χ2n) is 8.03. The average Bonchev–Trinajstić information content (AvgIpc) is 2.70. The zero-order valence-electron chi connectivity index (χ0n) is 18.1. The van der Waals surface area contributed by atoms with Crippen molar-refractivity contribution in [2.75, 3.05) is 12.3 Å². The van der Waals surface area contributed by atoms with Crippen LogP contribution in [0.5, 0.6) is 0 Å². The summed E-state index contributed by atoms with van der Waals surface area (Å²) in [7, 11) is 0. The zero-order chi connectivity index (χ0) is 20.2. The summed E-state index contributed by atoms with van der Waals surface area (Å²) in [4.78, 5) is 8.85. The van der Waals surface area contributed by atoms with Gasteiger partial charge in [0.05, 0.1) is 17.3 Å². The Labute approximate surface area is 171 Å². The molecule has 28 heavy (non-hydrogen) atoms. The summed E-state index contributed by atoms with van der Waals surface area (Å²) < 4.78 is 6.12. The Hall–Kier alpha value is -1.68. The molecule has 2 unspecified atom stereocenters. The van der Waals surface area contributed by atoms with Crippen LogP contribution in [0, 0.1) is 0 Å². The van der Waals surface area contributed by atoms with Crippen LogP contribution in [0.25, 0.3) is 10.9 Å². The molecule has 4 nitrogen and oxygen atoms in total. The minimum Gasteiger partial charge on any atom is -0.378 e. The molecule has 2 aromatic rings. The minimum atomic E-state index is 0.108. The number of nitrogens with zero attached hydrogens (tertiary/aromatic N) is 2.